The van der Waals surface area contributed by atoms with Gasteiger partial charge in [0.2, 0.25) is 5.72 Å². The molecule has 1 amide bonds. The van der Waals surface area contributed by atoms with Gasteiger partial charge < -0.3 is 9.84 Å². The predicted octanol–water partition coefficient (Wildman–Crippen LogP) is 3.60. The van der Waals surface area contributed by atoms with Crippen LogP contribution < -0.4 is 10.2 Å². The first kappa shape index (κ1) is 19.1. The Morgan fingerprint density at radius 3 is 2.48 bits per heavy atom. The van der Waals surface area contributed by atoms with Crippen molar-refractivity contribution >= 4 is 17.5 Å². The van der Waals surface area contributed by atoms with E-state index in [9.17, 15) is 23.1 Å². The molecule has 0 spiro atoms. The Morgan fingerprint density at radius 2 is 1.89 bits per heavy atom. The van der Waals surface area contributed by atoms with Crippen molar-refractivity contribution in [1.29, 1.82) is 0 Å². The number of nitrogens with zero attached hydrogens (tertiary/aromatic N) is 1. The summed E-state index contributed by atoms with van der Waals surface area (Å²) in [5.41, 5.74) is -1.58. The van der Waals surface area contributed by atoms with E-state index < -0.39 is 23.5 Å². The summed E-state index contributed by atoms with van der Waals surface area (Å²) in [7, 11) is 1.39. The Balaban J connectivity index is 2.06. The molecule has 1 aliphatic rings. The van der Waals surface area contributed by atoms with Gasteiger partial charge in [-0.05, 0) is 30.3 Å². The highest BCUT2D eigenvalue weighted by atomic mass is 35.5. The largest absolute Gasteiger partial charge is 0.497 e. The number of alkyl halides is 3. The molecule has 2 aromatic carbocycles. The van der Waals surface area contributed by atoms with Gasteiger partial charge in [-0.25, -0.2) is 5.01 Å². The van der Waals surface area contributed by atoms with Crippen molar-refractivity contribution in [3.63, 3.8) is 0 Å². The summed E-state index contributed by atoms with van der Waals surface area (Å²) in [6.07, 6.45) is -4.24. The Morgan fingerprint density at radius 1 is 1.22 bits per heavy atom. The van der Waals surface area contributed by atoms with Crippen molar-refractivity contribution in [2.24, 2.45) is 0 Å². The van der Waals surface area contributed by atoms with Crippen LogP contribution in [0, 0.1) is 0 Å². The number of rotatable bonds is 3. The summed E-state index contributed by atoms with van der Waals surface area (Å²) in [5.74, 6) is -0.527. The number of ether oxygens (including phenoxy) is 1. The molecule has 1 aliphatic heterocycles. The van der Waals surface area contributed by atoms with Crippen molar-refractivity contribution in [2.45, 2.75) is 11.9 Å². The molecule has 0 radical (unpaired) electrons. The number of methoxy groups -OCH3 is 1. The molecule has 0 fully saturated rings. The van der Waals surface area contributed by atoms with Gasteiger partial charge >= 0.3 is 6.18 Å². The summed E-state index contributed by atoms with van der Waals surface area (Å²) >= 11 is 5.81. The second kappa shape index (κ2) is 6.79. The molecule has 3 rings (SSSR count). The first-order chi connectivity index (χ1) is 12.6. The zero-order valence-electron chi connectivity index (χ0n) is 13.9. The smallest absolute Gasteiger partial charge is 0.432 e. The van der Waals surface area contributed by atoms with Gasteiger partial charge in [0, 0.05) is 22.2 Å². The van der Waals surface area contributed by atoms with Crippen LogP contribution in [0.1, 0.15) is 15.9 Å². The van der Waals surface area contributed by atoms with Gasteiger partial charge in [-0.2, -0.15) is 13.2 Å². The second-order valence-electron chi connectivity index (χ2n) is 5.77. The number of carbonyl (C=O) groups is 1. The molecule has 5 nitrogen and oxygen atoms in total. The number of amides is 1. The quantitative estimate of drug-likeness (QED) is 0.829. The van der Waals surface area contributed by atoms with E-state index in [0.717, 1.165) is 0 Å². The van der Waals surface area contributed by atoms with Crippen LogP contribution >= 0.6 is 11.6 Å². The molecule has 2 N–H and O–H groups in total. The summed E-state index contributed by atoms with van der Waals surface area (Å²) in [6, 6.07) is 11.3. The third kappa shape index (κ3) is 3.58. The minimum absolute atomic E-state index is 0.0334. The van der Waals surface area contributed by atoms with Crippen LogP contribution in [-0.4, -0.2) is 29.3 Å². The standard InChI is InChI=1S/C18H14ClF3N2O3/c1-27-14-4-2-3-11(9-14)16(25)24-17(26,10-15(23-24)18(20,21)22)12-5-7-13(19)8-6-12/h2-10,23,26H,1H3. The van der Waals surface area contributed by atoms with E-state index in [1.54, 1.807) is 6.07 Å². The summed E-state index contributed by atoms with van der Waals surface area (Å²) in [4.78, 5) is 12.9. The number of halogens is 4. The van der Waals surface area contributed by atoms with Gasteiger partial charge in [0.1, 0.15) is 11.4 Å². The molecule has 0 saturated heterocycles. The molecule has 1 atom stereocenters. The lowest BCUT2D eigenvalue weighted by Crippen LogP contribution is -2.51. The number of hydrazine groups is 1. The maximum atomic E-state index is 13.2. The van der Waals surface area contributed by atoms with E-state index in [0.29, 0.717) is 21.9 Å². The Labute approximate surface area is 157 Å². The molecule has 27 heavy (non-hydrogen) atoms. The molecule has 0 aliphatic carbocycles. The first-order valence-corrected chi connectivity index (χ1v) is 8.06. The lowest BCUT2D eigenvalue weighted by molar-refractivity contribution is -0.104. The number of nitrogens with one attached hydrogen (secondary N) is 1. The number of allylic oxidation sites excluding steroid dienone is 1. The maximum Gasteiger partial charge on any atom is 0.432 e. The van der Waals surface area contributed by atoms with Crippen LogP contribution in [0.4, 0.5) is 13.2 Å². The van der Waals surface area contributed by atoms with Crippen molar-refractivity contribution in [3.05, 3.63) is 76.5 Å². The SMILES string of the molecule is COc1cccc(C(=O)N2NC(C(F)(F)F)=CC2(O)c2ccc(Cl)cc2)c1. The lowest BCUT2D eigenvalue weighted by Gasteiger charge is -2.33. The van der Waals surface area contributed by atoms with E-state index in [1.165, 1.54) is 49.6 Å². The Kier molecular flexibility index (Phi) is 4.79. The summed E-state index contributed by atoms with van der Waals surface area (Å²) < 4.78 is 44.7. The number of aliphatic hydroxyl groups is 1. The summed E-state index contributed by atoms with van der Waals surface area (Å²) in [5, 5.41) is 11.9. The molecular formula is C18H14ClF3N2O3. The van der Waals surface area contributed by atoms with Crippen molar-refractivity contribution in [3.8, 4) is 5.75 Å². The highest BCUT2D eigenvalue weighted by molar-refractivity contribution is 6.30. The van der Waals surface area contributed by atoms with Crippen molar-refractivity contribution < 1.29 is 27.8 Å². The normalized spacial score (nSPS) is 19.5. The number of hydrogen-bond acceptors (Lipinski definition) is 4. The monoisotopic (exact) mass is 398 g/mol. The Bertz CT molecular complexity index is 899. The molecular weight excluding hydrogens is 385 g/mol. The van der Waals surface area contributed by atoms with Gasteiger partial charge in [-0.3, -0.25) is 10.2 Å². The third-order valence-corrected chi connectivity index (χ3v) is 4.27. The van der Waals surface area contributed by atoms with Crippen molar-refractivity contribution in [1.82, 2.24) is 10.4 Å². The van der Waals surface area contributed by atoms with E-state index >= 15 is 0 Å². The fourth-order valence-corrected chi connectivity index (χ4v) is 2.77. The minimum atomic E-state index is -4.79. The van der Waals surface area contributed by atoms with E-state index in [2.05, 4.69) is 0 Å². The molecule has 2 aromatic rings. The van der Waals surface area contributed by atoms with Gasteiger partial charge in [0.25, 0.3) is 5.91 Å². The Hall–Kier alpha value is -2.71. The van der Waals surface area contributed by atoms with E-state index in [-0.39, 0.29) is 11.1 Å². The number of benzene rings is 2. The third-order valence-electron chi connectivity index (χ3n) is 4.01. The van der Waals surface area contributed by atoms with Gasteiger partial charge in [0.15, 0.2) is 0 Å². The van der Waals surface area contributed by atoms with Gasteiger partial charge in [0.05, 0.1) is 7.11 Å². The molecule has 1 unspecified atom stereocenters. The van der Waals surface area contributed by atoms with Crippen LogP contribution in [0.2, 0.25) is 5.02 Å². The first-order valence-electron chi connectivity index (χ1n) is 7.69. The minimum Gasteiger partial charge on any atom is -0.497 e. The highest BCUT2D eigenvalue weighted by Crippen LogP contribution is 2.38. The van der Waals surface area contributed by atoms with Crippen LogP contribution in [-0.2, 0) is 5.72 Å². The zero-order chi connectivity index (χ0) is 19.8. The van der Waals surface area contributed by atoms with Gasteiger partial charge in [-0.15, -0.1) is 0 Å². The van der Waals surface area contributed by atoms with Crippen LogP contribution in [0.25, 0.3) is 0 Å². The van der Waals surface area contributed by atoms with E-state index in [1.807, 2.05) is 5.43 Å². The molecule has 0 saturated carbocycles. The molecule has 142 valence electrons. The topological polar surface area (TPSA) is 61.8 Å². The average molecular weight is 399 g/mol. The zero-order valence-corrected chi connectivity index (χ0v) is 14.7. The van der Waals surface area contributed by atoms with Gasteiger partial charge in [-0.1, -0.05) is 29.8 Å². The molecule has 9 heteroatoms. The highest BCUT2D eigenvalue weighted by Gasteiger charge is 2.50. The van der Waals surface area contributed by atoms with Crippen LogP contribution in [0.3, 0.4) is 0 Å². The second-order valence-corrected chi connectivity index (χ2v) is 6.21. The van der Waals surface area contributed by atoms with Crippen LogP contribution in [0.5, 0.6) is 5.75 Å². The average Bonchev–Trinajstić information content (AvgIpc) is 3.00. The predicted molar refractivity (Wildman–Crippen MR) is 91.8 cm³/mol. The van der Waals surface area contributed by atoms with Crippen molar-refractivity contribution in [2.75, 3.05) is 7.11 Å². The molecule has 0 bridgehead atoms. The van der Waals surface area contributed by atoms with E-state index in [4.69, 9.17) is 16.3 Å². The maximum absolute atomic E-state index is 13.2. The lowest BCUT2D eigenvalue weighted by atomic mass is 10.0. The summed E-state index contributed by atoms with van der Waals surface area (Å²) in [6.45, 7) is 0. The fraction of sp³-hybridized carbons (Fsp3) is 0.167. The fourth-order valence-electron chi connectivity index (χ4n) is 2.65. The number of hydrogen-bond donors (Lipinski definition) is 2. The molecule has 1 heterocycles. The number of carbonyl (C=O) groups excluding carboxylic acids is 1. The molecule has 0 aromatic heterocycles. The van der Waals surface area contributed by atoms with Crippen LogP contribution in [0.15, 0.2) is 60.3 Å².